The average molecular weight is 284 g/mol. The van der Waals surface area contributed by atoms with E-state index in [1.54, 1.807) is 0 Å². The predicted molar refractivity (Wildman–Crippen MR) is 83.1 cm³/mol. The molecule has 0 aromatic heterocycles. The summed E-state index contributed by atoms with van der Waals surface area (Å²) >= 11 is 0. The maximum atomic E-state index is 12.0. The minimum absolute atomic E-state index is 0.0236. The van der Waals surface area contributed by atoms with E-state index in [9.17, 15) is 4.79 Å². The van der Waals surface area contributed by atoms with Crippen LogP contribution in [0, 0.1) is 24.2 Å². The summed E-state index contributed by atoms with van der Waals surface area (Å²) < 4.78 is 0. The number of benzene rings is 1. The van der Waals surface area contributed by atoms with Crippen LogP contribution in [-0.2, 0) is 6.42 Å². The molecule has 2 amide bonds. The van der Waals surface area contributed by atoms with Gasteiger partial charge in [0.2, 0.25) is 0 Å². The number of nitrogens with one attached hydrogen (secondary N) is 2. The molecule has 3 unspecified atom stereocenters. The Balaban J connectivity index is 1.21. The minimum atomic E-state index is 0.0236. The first-order valence-corrected chi connectivity index (χ1v) is 8.27. The molecule has 21 heavy (non-hydrogen) atoms. The number of urea groups is 1. The lowest BCUT2D eigenvalue weighted by atomic mass is 9.71. The predicted octanol–water partition coefficient (Wildman–Crippen LogP) is 3.03. The lowest BCUT2D eigenvalue weighted by molar-refractivity contribution is 0.164. The molecule has 3 aliphatic rings. The Kier molecular flexibility index (Phi) is 2.98. The van der Waals surface area contributed by atoms with Gasteiger partial charge < -0.3 is 10.6 Å². The fourth-order valence-corrected chi connectivity index (χ4v) is 4.65. The summed E-state index contributed by atoms with van der Waals surface area (Å²) in [5.74, 6) is 1.71. The second-order valence-corrected chi connectivity index (χ2v) is 7.26. The first-order chi connectivity index (χ1) is 10.2. The second-order valence-electron chi connectivity index (χ2n) is 7.26. The molecule has 0 radical (unpaired) electrons. The van der Waals surface area contributed by atoms with Gasteiger partial charge in [-0.1, -0.05) is 29.8 Å². The van der Waals surface area contributed by atoms with Crippen LogP contribution in [0.15, 0.2) is 24.3 Å². The van der Waals surface area contributed by atoms with Gasteiger partial charge in [0.1, 0.15) is 0 Å². The summed E-state index contributed by atoms with van der Waals surface area (Å²) in [6, 6.07) is 8.98. The summed E-state index contributed by atoms with van der Waals surface area (Å²) in [4.78, 5) is 12.0. The zero-order valence-corrected chi connectivity index (χ0v) is 12.7. The molecule has 3 nitrogen and oxygen atoms in total. The zero-order chi connectivity index (χ0) is 14.4. The quantitative estimate of drug-likeness (QED) is 0.876. The molecule has 1 spiro atoms. The Hall–Kier alpha value is -1.51. The molecule has 2 N–H and O–H groups in total. The summed E-state index contributed by atoms with van der Waals surface area (Å²) in [5.41, 5.74) is 3.24. The summed E-state index contributed by atoms with van der Waals surface area (Å²) in [5, 5.41) is 6.22. The number of rotatable bonds is 4. The third kappa shape index (κ3) is 2.23. The Morgan fingerprint density at radius 2 is 2.14 bits per heavy atom. The van der Waals surface area contributed by atoms with Crippen LogP contribution in [0.25, 0.3) is 0 Å². The van der Waals surface area contributed by atoms with Crippen molar-refractivity contribution in [2.45, 2.75) is 45.1 Å². The molecule has 3 heteroatoms. The van der Waals surface area contributed by atoms with Gasteiger partial charge in [-0.2, -0.15) is 0 Å². The van der Waals surface area contributed by atoms with Crippen molar-refractivity contribution >= 4 is 6.03 Å². The van der Waals surface area contributed by atoms with Crippen LogP contribution in [0.4, 0.5) is 4.79 Å². The molecule has 3 saturated carbocycles. The summed E-state index contributed by atoms with van der Waals surface area (Å²) in [7, 11) is 0. The van der Waals surface area contributed by atoms with E-state index in [1.807, 2.05) is 0 Å². The number of hydrogen-bond donors (Lipinski definition) is 2. The molecular weight excluding hydrogens is 260 g/mol. The number of amides is 2. The molecule has 4 atom stereocenters. The highest BCUT2D eigenvalue weighted by Crippen LogP contribution is 2.75. The minimum Gasteiger partial charge on any atom is -0.338 e. The molecule has 0 saturated heterocycles. The van der Waals surface area contributed by atoms with E-state index in [1.165, 1.54) is 36.8 Å². The van der Waals surface area contributed by atoms with E-state index in [2.05, 4.69) is 41.8 Å². The maximum absolute atomic E-state index is 12.0. The van der Waals surface area contributed by atoms with E-state index in [0.29, 0.717) is 18.0 Å². The molecule has 112 valence electrons. The van der Waals surface area contributed by atoms with Crippen LogP contribution in [-0.4, -0.2) is 18.6 Å². The molecule has 1 aromatic rings. The van der Waals surface area contributed by atoms with Gasteiger partial charge in [-0.05, 0) is 61.8 Å². The topological polar surface area (TPSA) is 41.1 Å². The van der Waals surface area contributed by atoms with Crippen LogP contribution in [0.1, 0.15) is 36.8 Å². The van der Waals surface area contributed by atoms with Gasteiger partial charge in [-0.25, -0.2) is 4.79 Å². The second kappa shape index (κ2) is 4.75. The van der Waals surface area contributed by atoms with Crippen molar-refractivity contribution in [3.05, 3.63) is 35.4 Å². The van der Waals surface area contributed by atoms with E-state index in [4.69, 9.17) is 0 Å². The Morgan fingerprint density at radius 1 is 1.33 bits per heavy atom. The van der Waals surface area contributed by atoms with Crippen molar-refractivity contribution in [2.24, 2.45) is 17.3 Å². The van der Waals surface area contributed by atoms with Crippen molar-refractivity contribution in [2.75, 3.05) is 6.54 Å². The summed E-state index contributed by atoms with van der Waals surface area (Å²) in [6.45, 7) is 2.80. The largest absolute Gasteiger partial charge is 0.338 e. The van der Waals surface area contributed by atoms with Gasteiger partial charge in [0, 0.05) is 12.6 Å². The lowest BCUT2D eigenvalue weighted by Crippen LogP contribution is -2.43. The highest BCUT2D eigenvalue weighted by atomic mass is 16.2. The monoisotopic (exact) mass is 284 g/mol. The smallest absolute Gasteiger partial charge is 0.315 e. The fourth-order valence-electron chi connectivity index (χ4n) is 4.65. The molecule has 0 bridgehead atoms. The van der Waals surface area contributed by atoms with Crippen molar-refractivity contribution in [3.8, 4) is 0 Å². The molecule has 3 fully saturated rings. The van der Waals surface area contributed by atoms with Gasteiger partial charge in [0.15, 0.2) is 0 Å². The highest BCUT2D eigenvalue weighted by molar-refractivity contribution is 5.74. The lowest BCUT2D eigenvalue weighted by Gasteiger charge is -2.33. The van der Waals surface area contributed by atoms with Crippen LogP contribution in [0.3, 0.4) is 0 Å². The van der Waals surface area contributed by atoms with Gasteiger partial charge in [-0.3, -0.25) is 0 Å². The number of hydrogen-bond acceptors (Lipinski definition) is 1. The third-order valence-corrected chi connectivity index (χ3v) is 6.11. The normalized spacial score (nSPS) is 35.4. The zero-order valence-electron chi connectivity index (χ0n) is 12.7. The average Bonchev–Trinajstić information content (AvgIpc) is 3.18. The Morgan fingerprint density at radius 3 is 2.71 bits per heavy atom. The maximum Gasteiger partial charge on any atom is 0.315 e. The SMILES string of the molecule is Cc1ccc(CCNC(=O)NC2CC3CCC34C[C@@H]24)cc1. The summed E-state index contributed by atoms with van der Waals surface area (Å²) in [6.07, 6.45) is 6.29. The molecule has 3 aliphatic carbocycles. The van der Waals surface area contributed by atoms with Crippen molar-refractivity contribution in [1.29, 1.82) is 0 Å². The van der Waals surface area contributed by atoms with Crippen LogP contribution in [0.2, 0.25) is 0 Å². The van der Waals surface area contributed by atoms with Gasteiger partial charge >= 0.3 is 6.03 Å². The highest BCUT2D eigenvalue weighted by Gasteiger charge is 2.70. The van der Waals surface area contributed by atoms with Gasteiger partial charge in [-0.15, -0.1) is 0 Å². The fraction of sp³-hybridized carbons (Fsp3) is 0.611. The number of carbonyl (C=O) groups excluding carboxylic acids is 1. The molecule has 4 rings (SSSR count). The number of aryl methyl sites for hydroxylation is 1. The van der Waals surface area contributed by atoms with E-state index < -0.39 is 0 Å². The van der Waals surface area contributed by atoms with Crippen molar-refractivity contribution < 1.29 is 4.79 Å². The van der Waals surface area contributed by atoms with Gasteiger partial charge in [0.25, 0.3) is 0 Å². The molecule has 1 aromatic carbocycles. The molecule has 0 aliphatic heterocycles. The van der Waals surface area contributed by atoms with Crippen LogP contribution in [0.5, 0.6) is 0 Å². The first kappa shape index (κ1) is 13.2. The van der Waals surface area contributed by atoms with Crippen molar-refractivity contribution in [3.63, 3.8) is 0 Å². The van der Waals surface area contributed by atoms with E-state index >= 15 is 0 Å². The Bertz CT molecular complexity index is 553. The van der Waals surface area contributed by atoms with E-state index in [-0.39, 0.29) is 6.03 Å². The standard InChI is InChI=1S/C18H24N2O/c1-12-2-4-13(5-3-12)7-9-19-17(21)20-16-10-14-6-8-18(14)11-15(16)18/h2-5,14-16H,6-11H2,1H3,(H2,19,20,21)/t14?,15-,16?,18?/m0/s1. The van der Waals surface area contributed by atoms with E-state index in [0.717, 1.165) is 18.3 Å². The molecular formula is C18H24N2O. The Labute approximate surface area is 126 Å². The van der Waals surface area contributed by atoms with Crippen LogP contribution < -0.4 is 10.6 Å². The van der Waals surface area contributed by atoms with Crippen molar-refractivity contribution in [1.82, 2.24) is 10.6 Å². The molecule has 0 heterocycles. The van der Waals surface area contributed by atoms with Crippen LogP contribution >= 0.6 is 0 Å². The van der Waals surface area contributed by atoms with Gasteiger partial charge in [0.05, 0.1) is 0 Å². The first-order valence-electron chi connectivity index (χ1n) is 8.27. The third-order valence-electron chi connectivity index (χ3n) is 6.11. The number of carbonyl (C=O) groups is 1.